The Morgan fingerprint density at radius 2 is 1.65 bits per heavy atom. The second kappa shape index (κ2) is 11.8. The molecule has 3 aromatic carbocycles. The van der Waals surface area contributed by atoms with Crippen LogP contribution in [0.4, 0.5) is 10.1 Å². The summed E-state index contributed by atoms with van der Waals surface area (Å²) >= 11 is 1.56. The van der Waals surface area contributed by atoms with Gasteiger partial charge in [0.1, 0.15) is 12.4 Å². The van der Waals surface area contributed by atoms with Gasteiger partial charge in [0, 0.05) is 23.3 Å². The van der Waals surface area contributed by atoms with Gasteiger partial charge in [-0.2, -0.15) is 0 Å². The lowest BCUT2D eigenvalue weighted by atomic mass is 10.3. The maximum Gasteiger partial charge on any atom is 0.265 e. The van der Waals surface area contributed by atoms with E-state index in [4.69, 9.17) is 9.47 Å². The van der Waals surface area contributed by atoms with Gasteiger partial charge < -0.3 is 14.8 Å². The van der Waals surface area contributed by atoms with E-state index >= 15 is 0 Å². The first-order chi connectivity index (χ1) is 16.4. The number of hydrogen-bond acceptors (Lipinski definition) is 6. The third-order valence-electron chi connectivity index (χ3n) is 4.79. The van der Waals surface area contributed by atoms with Crippen LogP contribution >= 0.6 is 11.8 Å². The van der Waals surface area contributed by atoms with Gasteiger partial charge in [0.2, 0.25) is 5.91 Å². The minimum atomic E-state index is -4.31. The number of halogens is 1. The molecule has 0 saturated heterocycles. The van der Waals surface area contributed by atoms with E-state index in [0.29, 0.717) is 18.0 Å². The second-order valence-corrected chi connectivity index (χ2v) is 10.0. The first-order valence-electron chi connectivity index (χ1n) is 10.3. The van der Waals surface area contributed by atoms with E-state index in [1.165, 1.54) is 50.6 Å². The number of sulfonamides is 1. The number of methoxy groups -OCH3 is 2. The van der Waals surface area contributed by atoms with Crippen LogP contribution in [0.2, 0.25) is 0 Å². The van der Waals surface area contributed by atoms with Crippen molar-refractivity contribution in [3.63, 3.8) is 0 Å². The molecule has 0 radical (unpaired) electrons. The molecular formula is C24H25FN2O5S2. The van der Waals surface area contributed by atoms with Gasteiger partial charge in [-0.3, -0.25) is 9.10 Å². The third kappa shape index (κ3) is 6.21. The summed E-state index contributed by atoms with van der Waals surface area (Å²) in [6.07, 6.45) is 0. The van der Waals surface area contributed by atoms with Gasteiger partial charge in [0.15, 0.2) is 11.5 Å². The van der Waals surface area contributed by atoms with Crippen LogP contribution in [0.5, 0.6) is 11.5 Å². The van der Waals surface area contributed by atoms with Crippen molar-refractivity contribution in [1.29, 1.82) is 0 Å². The first kappa shape index (κ1) is 25.4. The standard InChI is InChI=1S/C24H25FN2O5S2/c1-31-22-13-12-19(16-23(22)32-2)34(29,30)27(21-11-7-6-10-20(21)25)17-24(28)26-14-15-33-18-8-4-3-5-9-18/h3-13,16H,14-15,17H2,1-2H3,(H,26,28). The number of benzene rings is 3. The maximum absolute atomic E-state index is 14.6. The molecule has 0 aromatic heterocycles. The molecule has 0 fully saturated rings. The molecule has 7 nitrogen and oxygen atoms in total. The Kier molecular flexibility index (Phi) is 8.78. The van der Waals surface area contributed by atoms with Gasteiger partial charge in [-0.25, -0.2) is 12.8 Å². The molecule has 0 saturated carbocycles. The fourth-order valence-corrected chi connectivity index (χ4v) is 5.35. The average molecular weight is 505 g/mol. The molecule has 10 heteroatoms. The van der Waals surface area contributed by atoms with Crippen molar-refractivity contribution in [2.45, 2.75) is 9.79 Å². The summed E-state index contributed by atoms with van der Waals surface area (Å²) in [6.45, 7) is -0.270. The Hall–Kier alpha value is -3.24. The molecule has 0 atom stereocenters. The Morgan fingerprint density at radius 3 is 2.32 bits per heavy atom. The number of ether oxygens (including phenoxy) is 2. The number of rotatable bonds is 11. The predicted molar refractivity (Wildman–Crippen MR) is 131 cm³/mol. The highest BCUT2D eigenvalue weighted by atomic mass is 32.2. The molecule has 0 bridgehead atoms. The van der Waals surface area contributed by atoms with Crippen molar-refractivity contribution in [3.05, 3.63) is 78.6 Å². The quantitative estimate of drug-likeness (QED) is 0.315. The van der Waals surface area contributed by atoms with Gasteiger partial charge in [0.25, 0.3) is 10.0 Å². The summed E-state index contributed by atoms with van der Waals surface area (Å²) in [5, 5.41) is 2.70. The zero-order valence-corrected chi connectivity index (χ0v) is 20.4. The van der Waals surface area contributed by atoms with Gasteiger partial charge >= 0.3 is 0 Å². The molecule has 0 unspecified atom stereocenters. The van der Waals surface area contributed by atoms with Crippen LogP contribution in [-0.2, 0) is 14.8 Å². The van der Waals surface area contributed by atoms with E-state index in [2.05, 4.69) is 5.32 Å². The number of anilines is 1. The van der Waals surface area contributed by atoms with Crippen LogP contribution in [0, 0.1) is 5.82 Å². The van der Waals surface area contributed by atoms with Gasteiger partial charge in [0.05, 0.1) is 24.8 Å². The maximum atomic E-state index is 14.6. The van der Waals surface area contributed by atoms with E-state index in [0.717, 1.165) is 15.3 Å². The minimum absolute atomic E-state index is 0.166. The molecule has 0 aliphatic carbocycles. The van der Waals surface area contributed by atoms with Crippen LogP contribution in [0.3, 0.4) is 0 Å². The van der Waals surface area contributed by atoms with E-state index in [-0.39, 0.29) is 16.3 Å². The summed E-state index contributed by atoms with van der Waals surface area (Å²) in [5.41, 5.74) is -0.230. The second-order valence-electron chi connectivity index (χ2n) is 6.99. The number of nitrogens with one attached hydrogen (secondary N) is 1. The molecule has 0 aliphatic heterocycles. The Labute approximate surface area is 202 Å². The minimum Gasteiger partial charge on any atom is -0.493 e. The molecule has 0 aliphatic rings. The number of hydrogen-bond donors (Lipinski definition) is 1. The Morgan fingerprint density at radius 1 is 0.971 bits per heavy atom. The summed E-state index contributed by atoms with van der Waals surface area (Å²) in [6, 6.07) is 19.1. The van der Waals surface area contributed by atoms with Crippen molar-refractivity contribution >= 4 is 33.4 Å². The molecule has 180 valence electrons. The Balaban J connectivity index is 1.80. The monoisotopic (exact) mass is 504 g/mol. The highest BCUT2D eigenvalue weighted by molar-refractivity contribution is 7.99. The normalized spacial score (nSPS) is 11.0. The largest absolute Gasteiger partial charge is 0.493 e. The lowest BCUT2D eigenvalue weighted by Crippen LogP contribution is -2.41. The SMILES string of the molecule is COc1ccc(S(=O)(=O)N(CC(=O)NCCSc2ccccc2)c2ccccc2F)cc1OC. The zero-order chi connectivity index (χ0) is 24.6. The van der Waals surface area contributed by atoms with Crippen molar-refractivity contribution in [3.8, 4) is 11.5 Å². The van der Waals surface area contributed by atoms with Crippen molar-refractivity contribution in [1.82, 2.24) is 5.32 Å². The molecule has 3 rings (SSSR count). The van der Waals surface area contributed by atoms with Crippen LogP contribution in [-0.4, -0.2) is 47.4 Å². The summed E-state index contributed by atoms with van der Waals surface area (Å²) in [7, 11) is -1.50. The number of amides is 1. The third-order valence-corrected chi connectivity index (χ3v) is 7.56. The van der Waals surface area contributed by atoms with Crippen LogP contribution in [0.1, 0.15) is 0 Å². The van der Waals surface area contributed by atoms with E-state index < -0.39 is 28.3 Å². The van der Waals surface area contributed by atoms with Gasteiger partial charge in [-0.1, -0.05) is 30.3 Å². The molecule has 0 spiro atoms. The van der Waals surface area contributed by atoms with Crippen molar-refractivity contribution < 1.29 is 27.1 Å². The highest BCUT2D eigenvalue weighted by Crippen LogP contribution is 2.32. The zero-order valence-electron chi connectivity index (χ0n) is 18.7. The fourth-order valence-electron chi connectivity index (χ4n) is 3.12. The van der Waals surface area contributed by atoms with Crippen LogP contribution in [0.25, 0.3) is 0 Å². The average Bonchev–Trinajstić information content (AvgIpc) is 2.85. The number of carbonyl (C=O) groups is 1. The summed E-state index contributed by atoms with van der Waals surface area (Å²) < 4.78 is 52.7. The number of nitrogens with zero attached hydrogens (tertiary/aromatic N) is 1. The van der Waals surface area contributed by atoms with Crippen molar-refractivity contribution in [2.75, 3.05) is 37.4 Å². The number of thioether (sulfide) groups is 1. The van der Waals surface area contributed by atoms with E-state index in [9.17, 15) is 17.6 Å². The van der Waals surface area contributed by atoms with E-state index in [1.807, 2.05) is 30.3 Å². The molecule has 3 aromatic rings. The fraction of sp³-hybridized carbons (Fsp3) is 0.208. The topological polar surface area (TPSA) is 84.9 Å². The summed E-state index contributed by atoms with van der Waals surface area (Å²) in [4.78, 5) is 13.5. The molecule has 1 N–H and O–H groups in total. The smallest absolute Gasteiger partial charge is 0.265 e. The van der Waals surface area contributed by atoms with E-state index in [1.54, 1.807) is 11.8 Å². The number of para-hydroxylation sites is 1. The molecule has 34 heavy (non-hydrogen) atoms. The predicted octanol–water partition coefficient (Wildman–Crippen LogP) is 3.95. The summed E-state index contributed by atoms with van der Waals surface area (Å²) in [5.74, 6) is -0.190. The van der Waals surface area contributed by atoms with Crippen LogP contribution in [0.15, 0.2) is 82.6 Å². The molecular weight excluding hydrogens is 479 g/mol. The van der Waals surface area contributed by atoms with Crippen LogP contribution < -0.4 is 19.1 Å². The Bertz CT molecular complexity index is 1220. The van der Waals surface area contributed by atoms with Crippen molar-refractivity contribution in [2.24, 2.45) is 0 Å². The molecule has 1 amide bonds. The highest BCUT2D eigenvalue weighted by Gasteiger charge is 2.30. The number of carbonyl (C=O) groups excluding carboxylic acids is 1. The van der Waals surface area contributed by atoms with Gasteiger partial charge in [-0.15, -0.1) is 11.8 Å². The lowest BCUT2D eigenvalue weighted by Gasteiger charge is -2.25. The molecule has 0 heterocycles. The lowest BCUT2D eigenvalue weighted by molar-refractivity contribution is -0.119. The van der Waals surface area contributed by atoms with Gasteiger partial charge in [-0.05, 0) is 36.4 Å². The first-order valence-corrected chi connectivity index (χ1v) is 12.7.